The Morgan fingerprint density at radius 1 is 1.28 bits per heavy atom. The number of piperazine rings is 1. The molecule has 0 saturated carbocycles. The van der Waals surface area contributed by atoms with E-state index < -0.39 is 0 Å². The molecule has 2 aromatic heterocycles. The topological polar surface area (TPSA) is 92.4 Å². The summed E-state index contributed by atoms with van der Waals surface area (Å²) < 4.78 is 0. The SMILES string of the molecule is Nc1ncnc2cc(CN3CCN(C(=O)C=Cc4cc(Cl)cs4)CC3=O)ccc12. The average Bonchev–Trinajstić information content (AvgIpc) is 3.13. The van der Waals surface area contributed by atoms with Gasteiger partial charge in [0.25, 0.3) is 0 Å². The normalized spacial score (nSPS) is 14.9. The second kappa shape index (κ2) is 8.18. The molecule has 9 heteroatoms. The number of benzene rings is 1. The van der Waals surface area contributed by atoms with Gasteiger partial charge in [-0.3, -0.25) is 9.59 Å². The van der Waals surface area contributed by atoms with Crippen molar-refractivity contribution in [3.05, 3.63) is 57.5 Å². The Hall–Kier alpha value is -2.97. The average molecular weight is 428 g/mol. The summed E-state index contributed by atoms with van der Waals surface area (Å²) in [6.45, 7) is 1.50. The first kappa shape index (κ1) is 19.4. The standard InChI is InChI=1S/C20H18ClN5O2S/c21-14-8-15(29-11-14)2-4-18(27)26-6-5-25(19(28)10-26)9-13-1-3-16-17(7-13)23-12-24-20(16)22/h1-4,7-8,11-12H,5-6,9-10H2,(H2,22,23,24). The van der Waals surface area contributed by atoms with E-state index in [2.05, 4.69) is 9.97 Å². The zero-order valence-electron chi connectivity index (χ0n) is 15.4. The van der Waals surface area contributed by atoms with Crippen molar-refractivity contribution in [2.24, 2.45) is 0 Å². The monoisotopic (exact) mass is 427 g/mol. The van der Waals surface area contributed by atoms with E-state index in [-0.39, 0.29) is 18.4 Å². The van der Waals surface area contributed by atoms with Crippen LogP contribution in [0.2, 0.25) is 5.02 Å². The highest BCUT2D eigenvalue weighted by Crippen LogP contribution is 2.21. The molecule has 2 N–H and O–H groups in total. The smallest absolute Gasteiger partial charge is 0.247 e. The first-order chi connectivity index (χ1) is 14.0. The van der Waals surface area contributed by atoms with Crippen LogP contribution in [0.4, 0.5) is 5.82 Å². The van der Waals surface area contributed by atoms with Crippen LogP contribution in [0.1, 0.15) is 10.4 Å². The lowest BCUT2D eigenvalue weighted by molar-refractivity contribution is -0.143. The van der Waals surface area contributed by atoms with Gasteiger partial charge in [-0.15, -0.1) is 11.3 Å². The zero-order chi connectivity index (χ0) is 20.4. The molecule has 3 aromatic rings. The van der Waals surface area contributed by atoms with E-state index in [1.807, 2.05) is 18.2 Å². The number of amides is 2. The number of carbonyl (C=O) groups is 2. The number of nitrogen functional groups attached to an aromatic ring is 1. The lowest BCUT2D eigenvalue weighted by Crippen LogP contribution is -2.51. The van der Waals surface area contributed by atoms with Crippen LogP contribution in [-0.2, 0) is 16.1 Å². The van der Waals surface area contributed by atoms with Crippen LogP contribution in [0.15, 0.2) is 42.0 Å². The maximum Gasteiger partial charge on any atom is 0.247 e. The third-order valence-corrected chi connectivity index (χ3v) is 5.96. The fourth-order valence-corrected chi connectivity index (χ4v) is 4.15. The molecule has 148 valence electrons. The lowest BCUT2D eigenvalue weighted by Gasteiger charge is -2.34. The van der Waals surface area contributed by atoms with Crippen LogP contribution in [-0.4, -0.2) is 51.2 Å². The van der Waals surface area contributed by atoms with E-state index in [9.17, 15) is 9.59 Å². The third-order valence-electron chi connectivity index (χ3n) is 4.71. The Kier molecular flexibility index (Phi) is 5.46. The van der Waals surface area contributed by atoms with Gasteiger partial charge in [-0.2, -0.15) is 0 Å². The summed E-state index contributed by atoms with van der Waals surface area (Å²) in [4.78, 5) is 37.3. The number of thiophene rings is 1. The van der Waals surface area contributed by atoms with E-state index in [0.29, 0.717) is 30.5 Å². The van der Waals surface area contributed by atoms with Crippen molar-refractivity contribution in [3.8, 4) is 0 Å². The Bertz CT molecular complexity index is 1110. The molecule has 0 unspecified atom stereocenters. The summed E-state index contributed by atoms with van der Waals surface area (Å²) in [6, 6.07) is 7.49. The minimum Gasteiger partial charge on any atom is -0.383 e. The Labute approximate surface area is 176 Å². The molecule has 1 aliphatic heterocycles. The Morgan fingerprint density at radius 2 is 2.14 bits per heavy atom. The molecular formula is C20H18ClN5O2S. The summed E-state index contributed by atoms with van der Waals surface area (Å²) in [5, 5.41) is 3.24. The number of nitrogens with zero attached hydrogens (tertiary/aromatic N) is 4. The lowest BCUT2D eigenvalue weighted by atomic mass is 10.1. The predicted octanol–water partition coefficient (Wildman–Crippen LogP) is 2.81. The molecule has 0 spiro atoms. The van der Waals surface area contributed by atoms with Gasteiger partial charge in [-0.25, -0.2) is 9.97 Å². The van der Waals surface area contributed by atoms with Gasteiger partial charge >= 0.3 is 0 Å². The number of hydrogen-bond acceptors (Lipinski definition) is 6. The summed E-state index contributed by atoms with van der Waals surface area (Å²) in [5.74, 6) is 0.169. The number of rotatable bonds is 4. The zero-order valence-corrected chi connectivity index (χ0v) is 17.0. The second-order valence-electron chi connectivity index (χ2n) is 6.69. The van der Waals surface area contributed by atoms with Gasteiger partial charge < -0.3 is 15.5 Å². The van der Waals surface area contributed by atoms with Gasteiger partial charge in [0.15, 0.2) is 0 Å². The first-order valence-corrected chi connectivity index (χ1v) is 10.2. The molecule has 2 amide bonds. The highest BCUT2D eigenvalue weighted by Gasteiger charge is 2.26. The number of hydrogen-bond donors (Lipinski definition) is 1. The highest BCUT2D eigenvalue weighted by molar-refractivity contribution is 7.11. The maximum absolute atomic E-state index is 12.6. The number of carbonyl (C=O) groups excluding carboxylic acids is 2. The quantitative estimate of drug-likeness (QED) is 0.646. The van der Waals surface area contributed by atoms with Gasteiger partial charge in [0.2, 0.25) is 11.8 Å². The van der Waals surface area contributed by atoms with Crippen LogP contribution in [0, 0.1) is 0 Å². The molecule has 4 rings (SSSR count). The van der Waals surface area contributed by atoms with E-state index in [4.69, 9.17) is 17.3 Å². The van der Waals surface area contributed by atoms with Crippen molar-refractivity contribution >= 4 is 57.5 Å². The van der Waals surface area contributed by atoms with E-state index in [1.165, 1.54) is 23.7 Å². The number of nitrogens with two attached hydrogens (primary N) is 1. The predicted molar refractivity (Wildman–Crippen MR) is 114 cm³/mol. The van der Waals surface area contributed by atoms with Crippen molar-refractivity contribution in [1.29, 1.82) is 0 Å². The van der Waals surface area contributed by atoms with Crippen molar-refractivity contribution in [1.82, 2.24) is 19.8 Å². The van der Waals surface area contributed by atoms with Crippen molar-refractivity contribution < 1.29 is 9.59 Å². The van der Waals surface area contributed by atoms with Gasteiger partial charge in [0.05, 0.1) is 10.5 Å². The van der Waals surface area contributed by atoms with Crippen molar-refractivity contribution in [2.75, 3.05) is 25.4 Å². The van der Waals surface area contributed by atoms with Crippen LogP contribution in [0.5, 0.6) is 0 Å². The minimum absolute atomic E-state index is 0.0665. The number of fused-ring (bicyclic) bond motifs is 1. The number of halogens is 1. The third kappa shape index (κ3) is 4.38. The van der Waals surface area contributed by atoms with Crippen LogP contribution < -0.4 is 5.73 Å². The molecule has 1 saturated heterocycles. The van der Waals surface area contributed by atoms with Crippen LogP contribution in [0.3, 0.4) is 0 Å². The fourth-order valence-electron chi connectivity index (χ4n) is 3.18. The van der Waals surface area contributed by atoms with Gasteiger partial charge in [0, 0.05) is 41.4 Å². The maximum atomic E-state index is 12.6. The molecular weight excluding hydrogens is 410 g/mol. The fraction of sp³-hybridized carbons (Fsp3) is 0.200. The summed E-state index contributed by atoms with van der Waals surface area (Å²) in [5.41, 5.74) is 7.56. The van der Waals surface area contributed by atoms with E-state index in [1.54, 1.807) is 27.3 Å². The molecule has 7 nitrogen and oxygen atoms in total. The number of aromatic nitrogens is 2. The molecule has 1 fully saturated rings. The summed E-state index contributed by atoms with van der Waals surface area (Å²) >= 11 is 7.34. The Balaban J connectivity index is 1.38. The molecule has 3 heterocycles. The summed E-state index contributed by atoms with van der Waals surface area (Å²) in [7, 11) is 0. The van der Waals surface area contributed by atoms with Gasteiger partial charge in [0.1, 0.15) is 18.7 Å². The minimum atomic E-state index is -0.180. The molecule has 1 aromatic carbocycles. The van der Waals surface area contributed by atoms with Crippen LogP contribution >= 0.6 is 22.9 Å². The van der Waals surface area contributed by atoms with E-state index >= 15 is 0 Å². The molecule has 0 radical (unpaired) electrons. The summed E-state index contributed by atoms with van der Waals surface area (Å²) in [6.07, 6.45) is 4.63. The number of anilines is 1. The first-order valence-electron chi connectivity index (χ1n) is 8.97. The second-order valence-corrected chi connectivity index (χ2v) is 8.07. The molecule has 1 aliphatic rings. The highest BCUT2D eigenvalue weighted by atomic mass is 35.5. The van der Waals surface area contributed by atoms with E-state index in [0.717, 1.165) is 21.3 Å². The Morgan fingerprint density at radius 3 is 2.90 bits per heavy atom. The molecule has 0 aliphatic carbocycles. The molecule has 0 bridgehead atoms. The molecule has 29 heavy (non-hydrogen) atoms. The van der Waals surface area contributed by atoms with Gasteiger partial charge in [-0.05, 0) is 29.8 Å². The van der Waals surface area contributed by atoms with Crippen LogP contribution in [0.25, 0.3) is 17.0 Å². The molecule has 0 atom stereocenters. The largest absolute Gasteiger partial charge is 0.383 e. The van der Waals surface area contributed by atoms with Gasteiger partial charge in [-0.1, -0.05) is 17.7 Å². The van der Waals surface area contributed by atoms with Crippen molar-refractivity contribution in [2.45, 2.75) is 6.54 Å². The van der Waals surface area contributed by atoms with Crippen molar-refractivity contribution in [3.63, 3.8) is 0 Å².